The summed E-state index contributed by atoms with van der Waals surface area (Å²) in [5, 5.41) is 2.99. The first-order valence-electron chi connectivity index (χ1n) is 7.79. The van der Waals surface area contributed by atoms with Crippen LogP contribution in [0.2, 0.25) is 0 Å². The fourth-order valence-corrected chi connectivity index (χ4v) is 2.95. The van der Waals surface area contributed by atoms with Crippen molar-refractivity contribution in [1.82, 2.24) is 4.98 Å². The minimum Gasteiger partial charge on any atom is -0.493 e. The van der Waals surface area contributed by atoms with Crippen LogP contribution in [0.4, 0.5) is 4.39 Å². The van der Waals surface area contributed by atoms with Crippen LogP contribution in [0.15, 0.2) is 47.8 Å². The molecule has 0 atom stereocenters. The van der Waals surface area contributed by atoms with Crippen LogP contribution in [0.25, 0.3) is 12.2 Å². The van der Waals surface area contributed by atoms with E-state index in [1.807, 2.05) is 42.7 Å². The largest absolute Gasteiger partial charge is 0.493 e. The Morgan fingerprint density at radius 1 is 1.08 bits per heavy atom. The van der Waals surface area contributed by atoms with E-state index in [0.29, 0.717) is 18.1 Å². The van der Waals surface area contributed by atoms with Gasteiger partial charge in [-0.05, 0) is 48.4 Å². The molecule has 0 aliphatic rings. The van der Waals surface area contributed by atoms with E-state index in [1.54, 1.807) is 30.6 Å². The van der Waals surface area contributed by atoms with Crippen molar-refractivity contribution in [1.29, 1.82) is 0 Å². The summed E-state index contributed by atoms with van der Waals surface area (Å²) in [4.78, 5) is 4.40. The molecule has 128 valence electrons. The molecule has 0 spiro atoms. The minimum atomic E-state index is -0.257. The SMILES string of the molecule is COc1cc(/C=C/c2nc(C)cs2)ccc1OCc1ccc(F)cc1. The highest BCUT2D eigenvalue weighted by molar-refractivity contribution is 7.10. The Morgan fingerprint density at radius 2 is 1.88 bits per heavy atom. The number of aromatic nitrogens is 1. The summed E-state index contributed by atoms with van der Waals surface area (Å²) < 4.78 is 24.1. The third-order valence-corrected chi connectivity index (χ3v) is 4.48. The Kier molecular flexibility index (Phi) is 5.46. The topological polar surface area (TPSA) is 31.4 Å². The first-order chi connectivity index (χ1) is 12.1. The van der Waals surface area contributed by atoms with Crippen LogP contribution >= 0.6 is 11.3 Å². The number of thiazole rings is 1. The van der Waals surface area contributed by atoms with Gasteiger partial charge in [-0.1, -0.05) is 24.3 Å². The Bertz CT molecular complexity index is 872. The van der Waals surface area contributed by atoms with E-state index in [2.05, 4.69) is 4.98 Å². The Labute approximate surface area is 150 Å². The first-order valence-corrected chi connectivity index (χ1v) is 8.67. The van der Waals surface area contributed by atoms with Crippen molar-refractivity contribution in [3.63, 3.8) is 0 Å². The molecule has 0 amide bonds. The molecule has 0 radical (unpaired) electrons. The lowest BCUT2D eigenvalue weighted by molar-refractivity contribution is 0.284. The average molecular weight is 355 g/mol. The van der Waals surface area contributed by atoms with E-state index in [-0.39, 0.29) is 5.82 Å². The molecule has 1 aromatic heterocycles. The van der Waals surface area contributed by atoms with Crippen LogP contribution < -0.4 is 9.47 Å². The highest BCUT2D eigenvalue weighted by atomic mass is 32.1. The quantitative estimate of drug-likeness (QED) is 0.597. The van der Waals surface area contributed by atoms with Gasteiger partial charge in [0.15, 0.2) is 11.5 Å². The minimum absolute atomic E-state index is 0.257. The van der Waals surface area contributed by atoms with Crippen molar-refractivity contribution < 1.29 is 13.9 Å². The van der Waals surface area contributed by atoms with Gasteiger partial charge in [-0.3, -0.25) is 0 Å². The molecule has 3 nitrogen and oxygen atoms in total. The Hall–Kier alpha value is -2.66. The summed E-state index contributed by atoms with van der Waals surface area (Å²) >= 11 is 1.61. The van der Waals surface area contributed by atoms with Crippen LogP contribution in [-0.4, -0.2) is 12.1 Å². The van der Waals surface area contributed by atoms with Gasteiger partial charge in [-0.15, -0.1) is 11.3 Å². The summed E-state index contributed by atoms with van der Waals surface area (Å²) in [5.74, 6) is 1.04. The number of hydrogen-bond acceptors (Lipinski definition) is 4. The van der Waals surface area contributed by atoms with E-state index in [0.717, 1.165) is 21.8 Å². The second kappa shape index (κ2) is 7.94. The van der Waals surface area contributed by atoms with Crippen LogP contribution in [0.5, 0.6) is 11.5 Å². The van der Waals surface area contributed by atoms with E-state index in [1.165, 1.54) is 12.1 Å². The third-order valence-electron chi connectivity index (χ3n) is 3.55. The van der Waals surface area contributed by atoms with Crippen LogP contribution in [0.3, 0.4) is 0 Å². The fourth-order valence-electron chi connectivity index (χ4n) is 2.27. The maximum absolute atomic E-state index is 12.9. The lowest BCUT2D eigenvalue weighted by Crippen LogP contribution is -1.98. The summed E-state index contributed by atoms with van der Waals surface area (Å²) in [6.45, 7) is 2.33. The monoisotopic (exact) mass is 355 g/mol. The second-order valence-electron chi connectivity index (χ2n) is 5.49. The lowest BCUT2D eigenvalue weighted by Gasteiger charge is -2.11. The van der Waals surface area contributed by atoms with Crippen molar-refractivity contribution >= 4 is 23.5 Å². The number of methoxy groups -OCH3 is 1. The molecule has 0 unspecified atom stereocenters. The van der Waals surface area contributed by atoms with Crippen LogP contribution in [0.1, 0.15) is 21.8 Å². The number of benzene rings is 2. The number of halogens is 1. The molecule has 0 aliphatic carbocycles. The maximum Gasteiger partial charge on any atom is 0.161 e. The number of rotatable bonds is 6. The zero-order valence-electron chi connectivity index (χ0n) is 14.0. The Morgan fingerprint density at radius 3 is 2.56 bits per heavy atom. The predicted molar refractivity (Wildman–Crippen MR) is 99.5 cm³/mol. The first kappa shape index (κ1) is 17.2. The van der Waals surface area contributed by atoms with E-state index in [9.17, 15) is 4.39 Å². The van der Waals surface area contributed by atoms with Gasteiger partial charge in [-0.2, -0.15) is 0 Å². The van der Waals surface area contributed by atoms with E-state index < -0.39 is 0 Å². The molecular formula is C20H18FNO2S. The molecule has 0 saturated carbocycles. The highest BCUT2D eigenvalue weighted by Crippen LogP contribution is 2.29. The molecule has 0 bridgehead atoms. The van der Waals surface area contributed by atoms with Gasteiger partial charge >= 0.3 is 0 Å². The summed E-state index contributed by atoms with van der Waals surface area (Å²) in [6, 6.07) is 12.0. The smallest absolute Gasteiger partial charge is 0.161 e. The normalized spacial score (nSPS) is 11.0. The molecule has 0 fully saturated rings. The van der Waals surface area contributed by atoms with Crippen molar-refractivity contribution in [2.45, 2.75) is 13.5 Å². The number of aryl methyl sites for hydroxylation is 1. The molecule has 5 heteroatoms. The molecule has 2 aromatic carbocycles. The molecular weight excluding hydrogens is 337 g/mol. The molecule has 0 aliphatic heterocycles. The van der Waals surface area contributed by atoms with Gasteiger partial charge in [0.05, 0.1) is 7.11 Å². The van der Waals surface area contributed by atoms with Gasteiger partial charge < -0.3 is 9.47 Å². The third kappa shape index (κ3) is 4.67. The van der Waals surface area contributed by atoms with E-state index >= 15 is 0 Å². The second-order valence-corrected chi connectivity index (χ2v) is 6.38. The number of ether oxygens (including phenoxy) is 2. The molecule has 0 saturated heterocycles. The highest BCUT2D eigenvalue weighted by Gasteiger charge is 2.06. The lowest BCUT2D eigenvalue weighted by atomic mass is 10.2. The average Bonchev–Trinajstić information content (AvgIpc) is 3.05. The van der Waals surface area contributed by atoms with Crippen LogP contribution in [-0.2, 0) is 6.61 Å². The number of hydrogen-bond donors (Lipinski definition) is 0. The maximum atomic E-state index is 12.9. The van der Waals surface area contributed by atoms with Gasteiger partial charge in [0, 0.05) is 11.1 Å². The molecule has 3 rings (SSSR count). The van der Waals surface area contributed by atoms with Crippen molar-refractivity contribution in [3.05, 3.63) is 75.5 Å². The van der Waals surface area contributed by atoms with E-state index in [4.69, 9.17) is 9.47 Å². The van der Waals surface area contributed by atoms with Crippen molar-refractivity contribution in [2.24, 2.45) is 0 Å². The Balaban J connectivity index is 1.70. The van der Waals surface area contributed by atoms with Gasteiger partial charge in [0.1, 0.15) is 17.4 Å². The zero-order valence-corrected chi connectivity index (χ0v) is 14.8. The molecule has 25 heavy (non-hydrogen) atoms. The fraction of sp³-hybridized carbons (Fsp3) is 0.150. The summed E-state index contributed by atoms with van der Waals surface area (Å²) in [7, 11) is 1.61. The van der Waals surface area contributed by atoms with Crippen LogP contribution in [0, 0.1) is 12.7 Å². The molecule has 1 heterocycles. The molecule has 0 N–H and O–H groups in total. The zero-order chi connectivity index (χ0) is 17.6. The summed E-state index contributed by atoms with van der Waals surface area (Å²) in [5.41, 5.74) is 2.91. The van der Waals surface area contributed by atoms with Crippen molar-refractivity contribution in [3.8, 4) is 11.5 Å². The number of nitrogens with zero attached hydrogens (tertiary/aromatic N) is 1. The summed E-state index contributed by atoms with van der Waals surface area (Å²) in [6.07, 6.45) is 3.97. The van der Waals surface area contributed by atoms with Gasteiger partial charge in [0.2, 0.25) is 0 Å². The van der Waals surface area contributed by atoms with Gasteiger partial charge in [-0.25, -0.2) is 9.37 Å². The standard InChI is InChI=1S/C20H18FNO2S/c1-14-13-25-20(22-14)10-6-15-5-9-18(19(11-15)23-2)24-12-16-3-7-17(21)8-4-16/h3-11,13H,12H2,1-2H3/b10-6+. The molecule has 3 aromatic rings. The predicted octanol–water partition coefficient (Wildman–Crippen LogP) is 5.35. The van der Waals surface area contributed by atoms with Crippen molar-refractivity contribution in [2.75, 3.05) is 7.11 Å². The van der Waals surface area contributed by atoms with Gasteiger partial charge in [0.25, 0.3) is 0 Å².